The molecule has 1 saturated heterocycles. The highest BCUT2D eigenvalue weighted by atomic mass is 16.2. The normalized spacial score (nSPS) is 19.9. The van der Waals surface area contributed by atoms with Crippen LogP contribution >= 0.6 is 0 Å². The number of likely N-dealkylation sites (N-methyl/N-ethyl adjacent to an activating group) is 1. The average Bonchev–Trinajstić information content (AvgIpc) is 3.12. The number of rotatable bonds is 6. The Balaban J connectivity index is 1.43. The highest BCUT2D eigenvalue weighted by molar-refractivity contribution is 5.94. The van der Waals surface area contributed by atoms with Gasteiger partial charge in [-0.3, -0.25) is 9.48 Å². The molecule has 6 nitrogen and oxygen atoms in total. The number of nitrogens with one attached hydrogen (secondary N) is 1. The number of piperazine rings is 1. The first-order valence-corrected chi connectivity index (χ1v) is 11.0. The Morgan fingerprint density at radius 1 is 1.17 bits per heavy atom. The Morgan fingerprint density at radius 2 is 1.93 bits per heavy atom. The van der Waals surface area contributed by atoms with Gasteiger partial charge in [0.1, 0.15) is 0 Å². The van der Waals surface area contributed by atoms with Crippen molar-refractivity contribution in [3.8, 4) is 0 Å². The summed E-state index contributed by atoms with van der Waals surface area (Å²) in [7, 11) is 2.11. The number of aryl methyl sites for hydroxylation is 1. The summed E-state index contributed by atoms with van der Waals surface area (Å²) in [6.45, 7) is 7.36. The largest absolute Gasteiger partial charge is 0.335 e. The van der Waals surface area contributed by atoms with E-state index in [0.29, 0.717) is 11.7 Å². The van der Waals surface area contributed by atoms with Crippen LogP contribution < -0.4 is 5.32 Å². The zero-order chi connectivity index (χ0) is 20.2. The van der Waals surface area contributed by atoms with Crippen molar-refractivity contribution in [1.29, 1.82) is 0 Å². The molecule has 0 saturated carbocycles. The van der Waals surface area contributed by atoms with E-state index in [1.54, 1.807) is 0 Å². The van der Waals surface area contributed by atoms with Crippen molar-refractivity contribution in [2.75, 3.05) is 39.8 Å². The van der Waals surface area contributed by atoms with Crippen molar-refractivity contribution in [3.05, 3.63) is 52.8 Å². The van der Waals surface area contributed by atoms with Gasteiger partial charge in [0.05, 0.1) is 0 Å². The molecule has 1 aliphatic heterocycles. The first-order valence-electron chi connectivity index (χ1n) is 11.0. The second kappa shape index (κ2) is 9.09. The fourth-order valence-corrected chi connectivity index (χ4v) is 4.52. The summed E-state index contributed by atoms with van der Waals surface area (Å²) in [5.74, 6) is 0.117. The summed E-state index contributed by atoms with van der Waals surface area (Å²) in [5.41, 5.74) is 4.51. The number of carbonyl (C=O) groups is 1. The van der Waals surface area contributed by atoms with Gasteiger partial charge in [0.2, 0.25) is 0 Å². The maximum Gasteiger partial charge on any atom is 0.274 e. The Bertz CT molecular complexity index is 823. The molecular formula is C23H33N5O. The van der Waals surface area contributed by atoms with Crippen LogP contribution in [0.3, 0.4) is 0 Å². The van der Waals surface area contributed by atoms with Crippen LogP contribution in [0.5, 0.6) is 0 Å². The fourth-order valence-electron chi connectivity index (χ4n) is 4.52. The number of nitrogens with zero attached hydrogens (tertiary/aromatic N) is 4. The topological polar surface area (TPSA) is 53.4 Å². The maximum absolute atomic E-state index is 13.2. The third-order valence-corrected chi connectivity index (χ3v) is 6.33. The van der Waals surface area contributed by atoms with Gasteiger partial charge in [0.25, 0.3) is 5.91 Å². The van der Waals surface area contributed by atoms with Crippen molar-refractivity contribution >= 4 is 5.91 Å². The summed E-state index contributed by atoms with van der Waals surface area (Å²) in [4.78, 5) is 17.5. The molecule has 1 aliphatic carbocycles. The van der Waals surface area contributed by atoms with Crippen LogP contribution in [0, 0.1) is 0 Å². The molecule has 1 aromatic carbocycles. The van der Waals surface area contributed by atoms with Crippen molar-refractivity contribution in [3.63, 3.8) is 0 Å². The predicted octanol–water partition coefficient (Wildman–Crippen LogP) is 1.98. The number of hydrogen-bond acceptors (Lipinski definition) is 4. The molecule has 29 heavy (non-hydrogen) atoms. The predicted molar refractivity (Wildman–Crippen MR) is 115 cm³/mol. The Hall–Kier alpha value is -2.18. The number of amides is 1. The first-order chi connectivity index (χ1) is 14.2. The number of benzene rings is 1. The highest BCUT2D eigenvalue weighted by Crippen LogP contribution is 2.26. The molecule has 1 fully saturated rings. The highest BCUT2D eigenvalue weighted by Gasteiger charge is 2.31. The van der Waals surface area contributed by atoms with Crippen molar-refractivity contribution in [2.45, 2.75) is 45.2 Å². The zero-order valence-electron chi connectivity index (χ0n) is 17.7. The molecule has 1 aromatic heterocycles. The number of aromatic nitrogens is 2. The van der Waals surface area contributed by atoms with Gasteiger partial charge in [-0.2, -0.15) is 5.10 Å². The molecule has 156 valence electrons. The second-order valence-corrected chi connectivity index (χ2v) is 8.31. The van der Waals surface area contributed by atoms with Crippen LogP contribution in [-0.2, 0) is 25.8 Å². The summed E-state index contributed by atoms with van der Waals surface area (Å²) in [6, 6.07) is 11.0. The van der Waals surface area contributed by atoms with Gasteiger partial charge in [0, 0.05) is 50.0 Å². The Morgan fingerprint density at radius 3 is 2.66 bits per heavy atom. The summed E-state index contributed by atoms with van der Waals surface area (Å²) in [5, 5.41) is 8.47. The van der Waals surface area contributed by atoms with E-state index in [4.69, 9.17) is 5.10 Å². The lowest BCUT2D eigenvalue weighted by atomic mass is 9.91. The maximum atomic E-state index is 13.2. The minimum absolute atomic E-state index is 0.117. The van der Waals surface area contributed by atoms with E-state index in [-0.39, 0.29) is 5.91 Å². The Kier molecular flexibility index (Phi) is 6.31. The minimum Gasteiger partial charge on any atom is -0.335 e. The molecule has 1 atom stereocenters. The molecule has 2 heterocycles. The van der Waals surface area contributed by atoms with Crippen LogP contribution in [0.15, 0.2) is 30.3 Å². The quantitative estimate of drug-likeness (QED) is 0.813. The lowest BCUT2D eigenvalue weighted by Gasteiger charge is -2.32. The smallest absolute Gasteiger partial charge is 0.274 e. The molecule has 4 rings (SSSR count). The first kappa shape index (κ1) is 20.1. The minimum atomic E-state index is 0.117. The molecular weight excluding hydrogens is 362 g/mol. The number of hydrogen-bond donors (Lipinski definition) is 1. The Labute approximate surface area is 173 Å². The molecule has 2 aliphatic rings. The van der Waals surface area contributed by atoms with E-state index in [2.05, 4.69) is 59.2 Å². The zero-order valence-corrected chi connectivity index (χ0v) is 17.7. The van der Waals surface area contributed by atoms with Crippen molar-refractivity contribution in [1.82, 2.24) is 24.9 Å². The fraction of sp³-hybridized carbons (Fsp3) is 0.565. The van der Waals surface area contributed by atoms with Crippen molar-refractivity contribution in [2.24, 2.45) is 0 Å². The SMILES string of the molecule is CCn1nc(C(=O)N2CCN(C)CC2)c2c1CCC(NCCc1ccccc1)C2. The second-order valence-electron chi connectivity index (χ2n) is 8.31. The lowest BCUT2D eigenvalue weighted by molar-refractivity contribution is 0.0656. The third kappa shape index (κ3) is 4.54. The van der Waals surface area contributed by atoms with Gasteiger partial charge < -0.3 is 15.1 Å². The van der Waals surface area contributed by atoms with Crippen molar-refractivity contribution < 1.29 is 4.79 Å². The summed E-state index contributed by atoms with van der Waals surface area (Å²) < 4.78 is 2.05. The molecule has 0 spiro atoms. The van der Waals surface area contributed by atoms with Crippen LogP contribution in [0.4, 0.5) is 0 Å². The molecule has 0 bridgehead atoms. The van der Waals surface area contributed by atoms with Crippen LogP contribution in [0.2, 0.25) is 0 Å². The third-order valence-electron chi connectivity index (χ3n) is 6.33. The lowest BCUT2D eigenvalue weighted by Crippen LogP contribution is -2.47. The summed E-state index contributed by atoms with van der Waals surface area (Å²) in [6.07, 6.45) is 4.04. The molecule has 1 amide bonds. The van der Waals surface area contributed by atoms with Gasteiger partial charge in [-0.05, 0) is 51.8 Å². The van der Waals surface area contributed by atoms with Gasteiger partial charge in [0.15, 0.2) is 5.69 Å². The standard InChI is InChI=1S/C23H33N5O/c1-3-28-21-10-9-19(24-12-11-18-7-5-4-6-8-18)17-20(21)22(25-28)23(29)27-15-13-26(2)14-16-27/h4-8,19,24H,3,9-17H2,1-2H3. The van der Waals surface area contributed by atoms with Crippen LogP contribution in [0.25, 0.3) is 0 Å². The van der Waals surface area contributed by atoms with Gasteiger partial charge in [-0.15, -0.1) is 0 Å². The van der Waals surface area contributed by atoms with E-state index >= 15 is 0 Å². The van der Waals surface area contributed by atoms with E-state index in [1.807, 2.05) is 4.90 Å². The van der Waals surface area contributed by atoms with Crippen LogP contribution in [-0.4, -0.2) is 71.3 Å². The van der Waals surface area contributed by atoms with Crippen LogP contribution in [0.1, 0.15) is 40.7 Å². The average molecular weight is 396 g/mol. The number of fused-ring (bicyclic) bond motifs is 1. The van der Waals surface area contributed by atoms with E-state index in [9.17, 15) is 4.79 Å². The van der Waals surface area contributed by atoms with Gasteiger partial charge in [-0.25, -0.2) is 0 Å². The molecule has 1 N–H and O–H groups in total. The molecule has 2 aromatic rings. The van der Waals surface area contributed by atoms with E-state index in [0.717, 1.165) is 65.0 Å². The van der Waals surface area contributed by atoms with E-state index in [1.165, 1.54) is 16.8 Å². The summed E-state index contributed by atoms with van der Waals surface area (Å²) >= 11 is 0. The molecule has 0 radical (unpaired) electrons. The van der Waals surface area contributed by atoms with Gasteiger partial charge >= 0.3 is 0 Å². The van der Waals surface area contributed by atoms with Gasteiger partial charge in [-0.1, -0.05) is 30.3 Å². The molecule has 1 unspecified atom stereocenters. The monoisotopic (exact) mass is 395 g/mol. The molecule has 6 heteroatoms. The van der Waals surface area contributed by atoms with E-state index < -0.39 is 0 Å². The number of carbonyl (C=O) groups excluding carboxylic acids is 1.